The van der Waals surface area contributed by atoms with Crippen LogP contribution < -0.4 is 5.73 Å². The van der Waals surface area contributed by atoms with E-state index in [0.717, 1.165) is 26.1 Å². The van der Waals surface area contributed by atoms with Crippen molar-refractivity contribution in [2.45, 2.75) is 6.54 Å². The summed E-state index contributed by atoms with van der Waals surface area (Å²) in [7, 11) is 0. The molecule has 2 aromatic heterocycles. The molecule has 0 saturated heterocycles. The van der Waals surface area contributed by atoms with Crippen LogP contribution >= 0.6 is 22.6 Å². The fourth-order valence-corrected chi connectivity index (χ4v) is 2.35. The van der Waals surface area contributed by atoms with Gasteiger partial charge in [0.15, 0.2) is 5.82 Å². The van der Waals surface area contributed by atoms with Crippen molar-refractivity contribution in [1.29, 1.82) is 0 Å². The van der Waals surface area contributed by atoms with Gasteiger partial charge in [0.25, 0.3) is 0 Å². The van der Waals surface area contributed by atoms with Crippen LogP contribution in [0.3, 0.4) is 0 Å². The van der Waals surface area contributed by atoms with Gasteiger partial charge in [-0.2, -0.15) is 5.10 Å². The van der Waals surface area contributed by atoms with Gasteiger partial charge in [0, 0.05) is 28.1 Å². The summed E-state index contributed by atoms with van der Waals surface area (Å²) in [6.07, 6.45) is 5.28. The van der Waals surface area contributed by atoms with E-state index in [1.54, 1.807) is 17.1 Å². The molecule has 1 aromatic carbocycles. The van der Waals surface area contributed by atoms with Gasteiger partial charge in [0.2, 0.25) is 0 Å². The van der Waals surface area contributed by atoms with Crippen LogP contribution in [0, 0.1) is 9.39 Å². The Bertz CT molecular complexity index is 768. The summed E-state index contributed by atoms with van der Waals surface area (Å²) in [4.78, 5) is 4.31. The third kappa shape index (κ3) is 3.11. The zero-order valence-corrected chi connectivity index (χ0v) is 13.2. The zero-order chi connectivity index (χ0) is 14.8. The molecule has 0 bridgehead atoms. The topological polar surface area (TPSA) is 56.7 Å². The molecule has 6 heteroatoms. The van der Waals surface area contributed by atoms with Gasteiger partial charge in [0.1, 0.15) is 5.82 Å². The summed E-state index contributed by atoms with van der Waals surface area (Å²) in [5.74, 6) is 0.421. The van der Waals surface area contributed by atoms with Crippen molar-refractivity contribution in [3.63, 3.8) is 0 Å². The van der Waals surface area contributed by atoms with Crippen molar-refractivity contribution < 1.29 is 4.39 Å². The monoisotopic (exact) mass is 394 g/mol. The first kappa shape index (κ1) is 14.2. The minimum Gasteiger partial charge on any atom is -0.326 e. The maximum absolute atomic E-state index is 13.6. The smallest absolute Gasteiger partial charge is 0.153 e. The summed E-state index contributed by atoms with van der Waals surface area (Å²) in [6.45, 7) is 0.303. The summed E-state index contributed by atoms with van der Waals surface area (Å²) >= 11 is 2.20. The Balaban J connectivity index is 1.98. The van der Waals surface area contributed by atoms with Crippen LogP contribution in [-0.2, 0) is 6.54 Å². The van der Waals surface area contributed by atoms with Gasteiger partial charge in [-0.15, -0.1) is 0 Å². The number of rotatable bonds is 3. The average Bonchev–Trinajstić information content (AvgIpc) is 2.97. The molecule has 0 fully saturated rings. The Morgan fingerprint density at radius 2 is 2.00 bits per heavy atom. The molecule has 21 heavy (non-hydrogen) atoms. The highest BCUT2D eigenvalue weighted by Crippen LogP contribution is 2.22. The molecule has 2 N–H and O–H groups in total. The molecular weight excluding hydrogens is 382 g/mol. The van der Waals surface area contributed by atoms with Crippen LogP contribution in [0.5, 0.6) is 0 Å². The van der Waals surface area contributed by atoms with Crippen LogP contribution in [0.15, 0.2) is 48.9 Å². The zero-order valence-electron chi connectivity index (χ0n) is 11.0. The van der Waals surface area contributed by atoms with Gasteiger partial charge in [-0.25, -0.2) is 14.1 Å². The first-order valence-corrected chi connectivity index (χ1v) is 7.40. The summed E-state index contributed by atoms with van der Waals surface area (Å²) in [5, 5.41) is 4.28. The number of pyridine rings is 1. The molecule has 0 spiro atoms. The Hall–Kier alpha value is -1.80. The molecule has 0 atom stereocenters. The fraction of sp³-hybridized carbons (Fsp3) is 0.0667. The molecule has 4 nitrogen and oxygen atoms in total. The van der Waals surface area contributed by atoms with Gasteiger partial charge < -0.3 is 5.73 Å². The minimum atomic E-state index is -0.298. The third-order valence-corrected chi connectivity index (χ3v) is 3.69. The van der Waals surface area contributed by atoms with Gasteiger partial charge >= 0.3 is 0 Å². The second-order valence-corrected chi connectivity index (χ2v) is 5.81. The van der Waals surface area contributed by atoms with Gasteiger partial charge in [-0.1, -0.05) is 0 Å². The van der Waals surface area contributed by atoms with Crippen molar-refractivity contribution >= 4 is 22.6 Å². The predicted octanol–water partition coefficient (Wildman–Crippen LogP) is 3.14. The summed E-state index contributed by atoms with van der Waals surface area (Å²) < 4.78 is 16.3. The molecule has 3 aromatic rings. The van der Waals surface area contributed by atoms with E-state index >= 15 is 0 Å². The van der Waals surface area contributed by atoms with E-state index in [2.05, 4.69) is 32.7 Å². The highest BCUT2D eigenvalue weighted by atomic mass is 127. The predicted molar refractivity (Wildman–Crippen MR) is 87.4 cm³/mol. The number of halogens is 2. The summed E-state index contributed by atoms with van der Waals surface area (Å²) in [6, 6.07) is 8.62. The molecule has 2 heterocycles. The fourth-order valence-electron chi connectivity index (χ4n) is 2.04. The van der Waals surface area contributed by atoms with Crippen molar-refractivity contribution in [3.8, 4) is 16.9 Å². The Labute approximate surface area is 135 Å². The van der Waals surface area contributed by atoms with E-state index in [0.29, 0.717) is 6.54 Å². The molecule has 3 rings (SSSR count). The van der Waals surface area contributed by atoms with E-state index in [9.17, 15) is 4.39 Å². The number of nitrogens with zero attached hydrogens (tertiary/aromatic N) is 3. The van der Waals surface area contributed by atoms with Crippen LogP contribution in [0.4, 0.5) is 4.39 Å². The normalized spacial score (nSPS) is 10.8. The van der Waals surface area contributed by atoms with Gasteiger partial charge in [-0.05, 0) is 64.0 Å². The first-order chi connectivity index (χ1) is 10.2. The largest absolute Gasteiger partial charge is 0.326 e. The van der Waals surface area contributed by atoms with E-state index in [4.69, 9.17) is 5.73 Å². The Kier molecular flexibility index (Phi) is 3.98. The van der Waals surface area contributed by atoms with E-state index in [-0.39, 0.29) is 5.82 Å². The van der Waals surface area contributed by atoms with E-state index < -0.39 is 0 Å². The number of benzene rings is 1. The van der Waals surface area contributed by atoms with Crippen molar-refractivity contribution in [2.75, 3.05) is 0 Å². The average molecular weight is 394 g/mol. The van der Waals surface area contributed by atoms with Crippen LogP contribution in [0.2, 0.25) is 0 Å². The Morgan fingerprint density at radius 3 is 2.71 bits per heavy atom. The van der Waals surface area contributed by atoms with Crippen molar-refractivity contribution in [1.82, 2.24) is 14.8 Å². The van der Waals surface area contributed by atoms with Crippen molar-refractivity contribution in [2.24, 2.45) is 5.73 Å². The molecular formula is C15H12FIN4. The molecule has 0 saturated carbocycles. The van der Waals surface area contributed by atoms with Crippen LogP contribution in [-0.4, -0.2) is 14.8 Å². The highest BCUT2D eigenvalue weighted by Gasteiger charge is 2.07. The maximum Gasteiger partial charge on any atom is 0.153 e. The quantitative estimate of drug-likeness (QED) is 0.695. The number of nitrogens with two attached hydrogens (primary N) is 1. The SMILES string of the molecule is NCc1cc(F)cc(-c2cnn(-c3ccc(I)cn3)c2)c1. The number of hydrogen-bond donors (Lipinski definition) is 1. The number of hydrogen-bond acceptors (Lipinski definition) is 3. The molecule has 0 aliphatic rings. The lowest BCUT2D eigenvalue weighted by molar-refractivity contribution is 0.626. The molecule has 0 unspecified atom stereocenters. The lowest BCUT2D eigenvalue weighted by Gasteiger charge is -2.02. The van der Waals surface area contributed by atoms with E-state index in [1.807, 2.05) is 24.4 Å². The maximum atomic E-state index is 13.6. The highest BCUT2D eigenvalue weighted by molar-refractivity contribution is 14.1. The Morgan fingerprint density at radius 1 is 1.14 bits per heavy atom. The van der Waals surface area contributed by atoms with Crippen LogP contribution in [0.1, 0.15) is 5.56 Å². The first-order valence-electron chi connectivity index (χ1n) is 6.32. The standard InChI is InChI=1S/C15H12FIN4/c16-13-4-10(6-18)3-11(5-13)12-7-20-21(9-12)15-2-1-14(17)8-19-15/h1-5,7-9H,6,18H2. The second-order valence-electron chi connectivity index (χ2n) is 4.56. The second kappa shape index (κ2) is 5.90. The molecule has 0 aliphatic carbocycles. The van der Waals surface area contributed by atoms with Crippen molar-refractivity contribution in [3.05, 3.63) is 63.9 Å². The molecule has 0 amide bonds. The summed E-state index contributed by atoms with van der Waals surface area (Å²) in [5.41, 5.74) is 7.91. The van der Waals surface area contributed by atoms with Gasteiger partial charge in [0.05, 0.1) is 6.20 Å². The molecule has 0 radical (unpaired) electrons. The number of aromatic nitrogens is 3. The third-order valence-electron chi connectivity index (χ3n) is 3.06. The van der Waals surface area contributed by atoms with Crippen LogP contribution in [0.25, 0.3) is 16.9 Å². The van der Waals surface area contributed by atoms with Gasteiger partial charge in [-0.3, -0.25) is 0 Å². The minimum absolute atomic E-state index is 0.298. The van der Waals surface area contributed by atoms with E-state index in [1.165, 1.54) is 12.1 Å². The lowest BCUT2D eigenvalue weighted by atomic mass is 10.1. The molecule has 0 aliphatic heterocycles. The molecule has 106 valence electrons. The lowest BCUT2D eigenvalue weighted by Crippen LogP contribution is -1.97.